The molecule has 2 aromatic rings. The standard InChI is InChI=1S/C23H29BrN2O2S/c1-17(2)25-23(28)18(3)26(14-13-19-7-5-4-6-8-19)22(27)16-29-15-20-9-11-21(24)12-10-20/h4-12,17-18H,13-16H2,1-3H3,(H,25,28)/t18-/m0/s1. The summed E-state index contributed by atoms with van der Waals surface area (Å²) >= 11 is 5.01. The number of benzene rings is 2. The minimum atomic E-state index is -0.498. The topological polar surface area (TPSA) is 49.4 Å². The summed E-state index contributed by atoms with van der Waals surface area (Å²) in [5.74, 6) is 0.996. The molecule has 0 aromatic heterocycles. The first kappa shape index (κ1) is 23.5. The van der Waals surface area contributed by atoms with E-state index in [9.17, 15) is 9.59 Å². The van der Waals surface area contributed by atoms with Gasteiger partial charge >= 0.3 is 0 Å². The predicted octanol–water partition coefficient (Wildman–Crippen LogP) is 4.67. The van der Waals surface area contributed by atoms with Gasteiger partial charge in [0.05, 0.1) is 5.75 Å². The molecule has 4 nitrogen and oxygen atoms in total. The van der Waals surface area contributed by atoms with E-state index in [4.69, 9.17) is 0 Å². The van der Waals surface area contributed by atoms with Crippen molar-refractivity contribution in [2.75, 3.05) is 12.3 Å². The van der Waals surface area contributed by atoms with E-state index in [1.807, 2.05) is 68.4 Å². The summed E-state index contributed by atoms with van der Waals surface area (Å²) in [7, 11) is 0. The Labute approximate surface area is 186 Å². The van der Waals surface area contributed by atoms with Crippen LogP contribution in [0.1, 0.15) is 31.9 Å². The van der Waals surface area contributed by atoms with Crippen LogP contribution in [0.2, 0.25) is 0 Å². The van der Waals surface area contributed by atoms with Crippen LogP contribution in [-0.4, -0.2) is 41.1 Å². The lowest BCUT2D eigenvalue weighted by Gasteiger charge is -2.29. The zero-order valence-electron chi connectivity index (χ0n) is 17.2. The van der Waals surface area contributed by atoms with Gasteiger partial charge < -0.3 is 10.2 Å². The molecule has 1 atom stereocenters. The maximum atomic E-state index is 13.0. The molecule has 2 amide bonds. The molecule has 0 aliphatic rings. The van der Waals surface area contributed by atoms with Gasteiger partial charge in [-0.3, -0.25) is 9.59 Å². The molecule has 6 heteroatoms. The van der Waals surface area contributed by atoms with Crippen LogP contribution in [0.5, 0.6) is 0 Å². The molecule has 1 N–H and O–H groups in total. The van der Waals surface area contributed by atoms with E-state index in [-0.39, 0.29) is 17.9 Å². The monoisotopic (exact) mass is 476 g/mol. The number of amides is 2. The van der Waals surface area contributed by atoms with Crippen molar-refractivity contribution >= 4 is 39.5 Å². The fourth-order valence-electron chi connectivity index (χ4n) is 2.89. The second-order valence-electron chi connectivity index (χ2n) is 7.28. The predicted molar refractivity (Wildman–Crippen MR) is 125 cm³/mol. The van der Waals surface area contributed by atoms with Crippen molar-refractivity contribution in [1.29, 1.82) is 0 Å². The number of halogens is 1. The number of carbonyl (C=O) groups excluding carboxylic acids is 2. The molecule has 29 heavy (non-hydrogen) atoms. The molecule has 0 aliphatic carbocycles. The maximum absolute atomic E-state index is 13.0. The quantitative estimate of drug-likeness (QED) is 0.541. The van der Waals surface area contributed by atoms with Crippen LogP contribution in [0.25, 0.3) is 0 Å². The lowest BCUT2D eigenvalue weighted by Crippen LogP contribution is -2.50. The molecule has 0 heterocycles. The van der Waals surface area contributed by atoms with Crippen LogP contribution < -0.4 is 5.32 Å². The van der Waals surface area contributed by atoms with Gasteiger partial charge in [-0.1, -0.05) is 58.4 Å². The van der Waals surface area contributed by atoms with Crippen molar-refractivity contribution in [2.24, 2.45) is 0 Å². The lowest BCUT2D eigenvalue weighted by molar-refractivity contribution is -0.138. The number of nitrogens with zero attached hydrogens (tertiary/aromatic N) is 1. The Morgan fingerprint density at radius 3 is 2.28 bits per heavy atom. The van der Waals surface area contributed by atoms with Crippen LogP contribution in [0.3, 0.4) is 0 Å². The van der Waals surface area contributed by atoms with Crippen LogP contribution >= 0.6 is 27.7 Å². The zero-order valence-corrected chi connectivity index (χ0v) is 19.6. The van der Waals surface area contributed by atoms with Crippen LogP contribution in [0, 0.1) is 0 Å². The molecular weight excluding hydrogens is 448 g/mol. The molecule has 0 spiro atoms. The third-order valence-corrected chi connectivity index (χ3v) is 6.01. The Hall–Kier alpha value is -1.79. The maximum Gasteiger partial charge on any atom is 0.242 e. The van der Waals surface area contributed by atoms with Crippen molar-refractivity contribution in [3.63, 3.8) is 0 Å². The fraction of sp³-hybridized carbons (Fsp3) is 0.391. The van der Waals surface area contributed by atoms with Crippen molar-refractivity contribution in [2.45, 2.75) is 45.0 Å². The van der Waals surface area contributed by atoms with E-state index in [1.54, 1.807) is 23.6 Å². The summed E-state index contributed by atoms with van der Waals surface area (Å²) in [6.07, 6.45) is 0.725. The van der Waals surface area contributed by atoms with Crippen molar-refractivity contribution in [3.8, 4) is 0 Å². The molecule has 0 fully saturated rings. The number of hydrogen-bond donors (Lipinski definition) is 1. The average molecular weight is 477 g/mol. The summed E-state index contributed by atoms with van der Waals surface area (Å²) in [4.78, 5) is 27.2. The minimum Gasteiger partial charge on any atom is -0.352 e. The molecule has 0 aliphatic heterocycles. The summed E-state index contributed by atoms with van der Waals surface area (Å²) in [6.45, 7) is 6.18. The zero-order chi connectivity index (χ0) is 21.2. The molecular formula is C23H29BrN2O2S. The summed E-state index contributed by atoms with van der Waals surface area (Å²) in [6, 6.07) is 17.7. The molecule has 0 unspecified atom stereocenters. The Morgan fingerprint density at radius 1 is 1.00 bits per heavy atom. The fourth-order valence-corrected chi connectivity index (χ4v) is 4.03. The summed E-state index contributed by atoms with van der Waals surface area (Å²) < 4.78 is 1.04. The highest BCUT2D eigenvalue weighted by atomic mass is 79.9. The van der Waals surface area contributed by atoms with Crippen LogP contribution in [-0.2, 0) is 21.8 Å². The lowest BCUT2D eigenvalue weighted by atomic mass is 10.1. The van der Waals surface area contributed by atoms with Crippen molar-refractivity contribution in [1.82, 2.24) is 10.2 Å². The number of nitrogens with one attached hydrogen (secondary N) is 1. The first-order chi connectivity index (χ1) is 13.9. The van der Waals surface area contributed by atoms with Gasteiger partial charge in [-0.15, -0.1) is 11.8 Å². The molecule has 2 aromatic carbocycles. The molecule has 0 bridgehead atoms. The number of hydrogen-bond acceptors (Lipinski definition) is 3. The van der Waals surface area contributed by atoms with Gasteiger partial charge in [-0.2, -0.15) is 0 Å². The minimum absolute atomic E-state index is 0.00514. The van der Waals surface area contributed by atoms with Crippen LogP contribution in [0.4, 0.5) is 0 Å². The van der Waals surface area contributed by atoms with Gasteiger partial charge in [0.2, 0.25) is 11.8 Å². The third kappa shape index (κ3) is 8.23. The average Bonchev–Trinajstić information content (AvgIpc) is 2.69. The molecule has 0 radical (unpaired) electrons. The van der Waals surface area contributed by atoms with E-state index in [2.05, 4.69) is 21.2 Å². The van der Waals surface area contributed by atoms with Gasteiger partial charge in [0.1, 0.15) is 6.04 Å². The second kappa shape index (κ2) is 12.0. The van der Waals surface area contributed by atoms with Gasteiger partial charge in [-0.25, -0.2) is 0 Å². The highest BCUT2D eigenvalue weighted by Crippen LogP contribution is 2.17. The van der Waals surface area contributed by atoms with E-state index in [1.165, 1.54) is 5.56 Å². The summed E-state index contributed by atoms with van der Waals surface area (Å²) in [5.41, 5.74) is 2.33. The molecule has 2 rings (SSSR count). The smallest absolute Gasteiger partial charge is 0.242 e. The van der Waals surface area contributed by atoms with Gasteiger partial charge in [0, 0.05) is 22.8 Å². The second-order valence-corrected chi connectivity index (χ2v) is 9.18. The highest BCUT2D eigenvalue weighted by molar-refractivity contribution is 9.10. The Balaban J connectivity index is 1.98. The number of thioether (sulfide) groups is 1. The largest absolute Gasteiger partial charge is 0.352 e. The Kier molecular flexibility index (Phi) is 9.74. The van der Waals surface area contributed by atoms with E-state index in [0.717, 1.165) is 22.2 Å². The van der Waals surface area contributed by atoms with Gasteiger partial charge in [0.15, 0.2) is 0 Å². The SMILES string of the molecule is CC(C)NC(=O)[C@H](C)N(CCc1ccccc1)C(=O)CSCc1ccc(Br)cc1. The first-order valence-corrected chi connectivity index (χ1v) is 11.8. The highest BCUT2D eigenvalue weighted by Gasteiger charge is 2.25. The molecule has 0 saturated carbocycles. The van der Waals surface area contributed by atoms with E-state index >= 15 is 0 Å². The van der Waals surface area contributed by atoms with E-state index < -0.39 is 6.04 Å². The number of carbonyl (C=O) groups is 2. The molecule has 156 valence electrons. The normalized spacial score (nSPS) is 11.9. The van der Waals surface area contributed by atoms with Gasteiger partial charge in [0.25, 0.3) is 0 Å². The van der Waals surface area contributed by atoms with Crippen molar-refractivity contribution < 1.29 is 9.59 Å². The van der Waals surface area contributed by atoms with Gasteiger partial charge in [-0.05, 0) is 50.5 Å². The Bertz CT molecular complexity index is 781. The van der Waals surface area contributed by atoms with E-state index in [0.29, 0.717) is 12.3 Å². The first-order valence-electron chi connectivity index (χ1n) is 9.82. The Morgan fingerprint density at radius 2 is 1.66 bits per heavy atom. The number of rotatable bonds is 10. The van der Waals surface area contributed by atoms with Crippen LogP contribution in [0.15, 0.2) is 59.1 Å². The van der Waals surface area contributed by atoms with Crippen molar-refractivity contribution in [3.05, 3.63) is 70.2 Å². The molecule has 0 saturated heterocycles. The summed E-state index contributed by atoms with van der Waals surface area (Å²) in [5, 5.41) is 2.92. The third-order valence-electron chi connectivity index (χ3n) is 4.49.